The number of halogens is 2. The van der Waals surface area contributed by atoms with Gasteiger partial charge in [-0.3, -0.25) is 18.7 Å². The van der Waals surface area contributed by atoms with Gasteiger partial charge in [-0.2, -0.15) is 0 Å². The van der Waals surface area contributed by atoms with Crippen LogP contribution in [0.2, 0.25) is 0 Å². The molecule has 2 heterocycles. The molecule has 0 saturated carbocycles. The number of aromatic nitrogens is 2. The molecule has 0 bridgehead atoms. The Labute approximate surface area is 235 Å². The second-order valence-corrected chi connectivity index (χ2v) is 10.1. The van der Waals surface area contributed by atoms with Gasteiger partial charge in [0.2, 0.25) is 0 Å². The molecular weight excluding hydrogens is 528 g/mol. The standard InChI is InChI=1S/C31H31F2N5O3/c1-21-28(35-15-17-36(18-16-35)29(39)23-11-6-3-7-12-23)30(40)38(20-27(34)22-9-4-2-5-10-22)31(41)37(21)19-24-25(32)13-8-14-26(24)33/h2-14,27H,15-20,34H2,1H3. The van der Waals surface area contributed by atoms with E-state index >= 15 is 0 Å². The summed E-state index contributed by atoms with van der Waals surface area (Å²) in [6.45, 7) is 2.47. The first-order valence-electron chi connectivity index (χ1n) is 13.4. The fourth-order valence-electron chi connectivity index (χ4n) is 5.24. The topological polar surface area (TPSA) is 93.6 Å². The van der Waals surface area contributed by atoms with E-state index in [1.165, 1.54) is 10.6 Å². The number of piperazine rings is 1. The number of hydrogen-bond donors (Lipinski definition) is 1. The van der Waals surface area contributed by atoms with Crippen molar-refractivity contribution < 1.29 is 13.6 Å². The lowest BCUT2D eigenvalue weighted by molar-refractivity contribution is 0.0746. The minimum absolute atomic E-state index is 0.104. The molecule has 2 N–H and O–H groups in total. The number of benzene rings is 3. The molecular formula is C31H31F2N5O3. The quantitative estimate of drug-likeness (QED) is 0.375. The molecule has 1 saturated heterocycles. The van der Waals surface area contributed by atoms with E-state index in [9.17, 15) is 23.2 Å². The highest BCUT2D eigenvalue weighted by atomic mass is 19.1. The first-order valence-corrected chi connectivity index (χ1v) is 13.4. The summed E-state index contributed by atoms with van der Waals surface area (Å²) < 4.78 is 31.5. The molecule has 0 aliphatic carbocycles. The van der Waals surface area contributed by atoms with Gasteiger partial charge in [0.1, 0.15) is 17.3 Å². The van der Waals surface area contributed by atoms with E-state index in [-0.39, 0.29) is 29.4 Å². The predicted octanol–water partition coefficient (Wildman–Crippen LogP) is 3.31. The molecule has 3 aromatic carbocycles. The highest BCUT2D eigenvalue weighted by Gasteiger charge is 2.28. The van der Waals surface area contributed by atoms with E-state index < -0.39 is 35.5 Å². The van der Waals surface area contributed by atoms with Crippen LogP contribution in [0.3, 0.4) is 0 Å². The van der Waals surface area contributed by atoms with Gasteiger partial charge in [0.05, 0.1) is 13.1 Å². The van der Waals surface area contributed by atoms with Crippen molar-refractivity contribution in [1.82, 2.24) is 14.0 Å². The van der Waals surface area contributed by atoms with E-state index in [2.05, 4.69) is 0 Å². The fraction of sp³-hybridized carbons (Fsp3) is 0.258. The van der Waals surface area contributed by atoms with Crippen molar-refractivity contribution in [3.63, 3.8) is 0 Å². The summed E-state index contributed by atoms with van der Waals surface area (Å²) in [7, 11) is 0. The predicted molar refractivity (Wildman–Crippen MR) is 153 cm³/mol. The number of rotatable bonds is 7. The summed E-state index contributed by atoms with van der Waals surface area (Å²) in [5.74, 6) is -1.68. The van der Waals surface area contributed by atoms with Crippen LogP contribution in [0.4, 0.5) is 14.5 Å². The van der Waals surface area contributed by atoms with Crippen LogP contribution in [0.5, 0.6) is 0 Å². The van der Waals surface area contributed by atoms with Crippen LogP contribution in [-0.2, 0) is 13.1 Å². The van der Waals surface area contributed by atoms with Crippen molar-refractivity contribution in [3.05, 3.63) is 134 Å². The number of amides is 1. The zero-order chi connectivity index (χ0) is 29.1. The van der Waals surface area contributed by atoms with Crippen molar-refractivity contribution in [2.24, 2.45) is 5.73 Å². The molecule has 0 radical (unpaired) electrons. The molecule has 1 unspecified atom stereocenters. The van der Waals surface area contributed by atoms with Crippen LogP contribution in [0, 0.1) is 18.6 Å². The Morgan fingerprint density at radius 3 is 2.02 bits per heavy atom. The van der Waals surface area contributed by atoms with Crippen molar-refractivity contribution in [2.75, 3.05) is 31.1 Å². The molecule has 4 aromatic rings. The maximum atomic E-state index is 14.6. The molecule has 212 valence electrons. The lowest BCUT2D eigenvalue weighted by atomic mass is 10.1. The summed E-state index contributed by atoms with van der Waals surface area (Å²) in [6, 6.07) is 20.9. The van der Waals surface area contributed by atoms with E-state index in [1.807, 2.05) is 29.2 Å². The summed E-state index contributed by atoms with van der Waals surface area (Å²) >= 11 is 0. The molecule has 10 heteroatoms. The Morgan fingerprint density at radius 1 is 0.829 bits per heavy atom. The highest BCUT2D eigenvalue weighted by Crippen LogP contribution is 2.21. The number of hydrogen-bond acceptors (Lipinski definition) is 5. The lowest BCUT2D eigenvalue weighted by Crippen LogP contribution is -2.52. The van der Waals surface area contributed by atoms with Gasteiger partial charge in [0.15, 0.2) is 0 Å². The molecule has 1 aliphatic heterocycles. The average Bonchev–Trinajstić information content (AvgIpc) is 2.99. The molecule has 5 rings (SSSR count). The largest absolute Gasteiger partial charge is 0.362 e. The van der Waals surface area contributed by atoms with Crippen molar-refractivity contribution in [2.45, 2.75) is 26.1 Å². The maximum absolute atomic E-state index is 14.6. The normalized spacial score (nSPS) is 14.2. The Bertz CT molecular complexity index is 1640. The SMILES string of the molecule is Cc1c(N2CCN(C(=O)c3ccccc3)CC2)c(=O)n(CC(N)c2ccccc2)c(=O)n1Cc1c(F)cccc1F. The molecule has 41 heavy (non-hydrogen) atoms. The van der Waals surface area contributed by atoms with E-state index in [4.69, 9.17) is 5.73 Å². The first kappa shape index (κ1) is 28.0. The van der Waals surface area contributed by atoms with E-state index in [1.54, 1.807) is 48.2 Å². The smallest absolute Gasteiger partial charge is 0.331 e. The van der Waals surface area contributed by atoms with Crippen LogP contribution in [0.15, 0.2) is 88.5 Å². The third-order valence-electron chi connectivity index (χ3n) is 7.55. The van der Waals surface area contributed by atoms with Crippen LogP contribution < -0.4 is 21.9 Å². The molecule has 8 nitrogen and oxygen atoms in total. The summed E-state index contributed by atoms with van der Waals surface area (Å²) in [4.78, 5) is 44.1. The van der Waals surface area contributed by atoms with Gasteiger partial charge in [-0.05, 0) is 36.8 Å². The number of nitrogens with two attached hydrogens (primary N) is 1. The Balaban J connectivity index is 1.52. The summed E-state index contributed by atoms with van der Waals surface area (Å²) in [5.41, 5.74) is 6.73. The Morgan fingerprint density at radius 2 is 1.41 bits per heavy atom. The van der Waals surface area contributed by atoms with Gasteiger partial charge < -0.3 is 15.5 Å². The van der Waals surface area contributed by atoms with Gasteiger partial charge in [-0.25, -0.2) is 13.6 Å². The minimum Gasteiger partial charge on any atom is -0.362 e. The number of carbonyl (C=O) groups excluding carboxylic acids is 1. The molecule has 1 atom stereocenters. The summed E-state index contributed by atoms with van der Waals surface area (Å²) in [5, 5.41) is 0. The second-order valence-electron chi connectivity index (χ2n) is 10.1. The van der Waals surface area contributed by atoms with Crippen LogP contribution >= 0.6 is 0 Å². The monoisotopic (exact) mass is 559 g/mol. The highest BCUT2D eigenvalue weighted by molar-refractivity contribution is 5.94. The number of carbonyl (C=O) groups is 1. The second kappa shape index (κ2) is 11.9. The van der Waals surface area contributed by atoms with E-state index in [0.717, 1.165) is 22.3 Å². The molecule has 0 spiro atoms. The number of nitrogens with zero attached hydrogens (tertiary/aromatic N) is 4. The van der Waals surface area contributed by atoms with Crippen LogP contribution in [0.25, 0.3) is 0 Å². The maximum Gasteiger partial charge on any atom is 0.331 e. The van der Waals surface area contributed by atoms with E-state index in [0.29, 0.717) is 31.7 Å². The summed E-state index contributed by atoms with van der Waals surface area (Å²) in [6.07, 6.45) is 0. The first-order chi connectivity index (χ1) is 19.8. The minimum atomic E-state index is -0.787. The molecule has 1 fully saturated rings. The zero-order valence-electron chi connectivity index (χ0n) is 22.7. The van der Waals surface area contributed by atoms with Crippen molar-refractivity contribution in [3.8, 4) is 0 Å². The molecule has 1 amide bonds. The average molecular weight is 560 g/mol. The third kappa shape index (κ3) is 5.69. The zero-order valence-corrected chi connectivity index (χ0v) is 22.7. The van der Waals surface area contributed by atoms with Crippen molar-refractivity contribution >= 4 is 11.6 Å². The van der Waals surface area contributed by atoms with Crippen molar-refractivity contribution in [1.29, 1.82) is 0 Å². The van der Waals surface area contributed by atoms with Crippen LogP contribution in [0.1, 0.15) is 33.2 Å². The number of anilines is 1. The van der Waals surface area contributed by atoms with Gasteiger partial charge in [-0.1, -0.05) is 54.6 Å². The molecule has 1 aliphatic rings. The Hall–Kier alpha value is -4.57. The fourth-order valence-corrected chi connectivity index (χ4v) is 5.24. The lowest BCUT2D eigenvalue weighted by Gasteiger charge is -2.37. The van der Waals surface area contributed by atoms with Crippen LogP contribution in [-0.4, -0.2) is 46.1 Å². The van der Waals surface area contributed by atoms with Gasteiger partial charge in [0, 0.05) is 49.0 Å². The third-order valence-corrected chi connectivity index (χ3v) is 7.55. The van der Waals surface area contributed by atoms with Gasteiger partial charge >= 0.3 is 5.69 Å². The van der Waals surface area contributed by atoms with Gasteiger partial charge in [0.25, 0.3) is 11.5 Å². The molecule has 1 aromatic heterocycles. The Kier molecular flexibility index (Phi) is 8.11. The van der Waals surface area contributed by atoms with Gasteiger partial charge in [-0.15, -0.1) is 0 Å².